The normalized spacial score (nSPS) is 16.6. The average molecular weight is 297 g/mol. The summed E-state index contributed by atoms with van der Waals surface area (Å²) < 4.78 is 5.44. The van der Waals surface area contributed by atoms with Gasteiger partial charge < -0.3 is 10.1 Å². The summed E-state index contributed by atoms with van der Waals surface area (Å²) in [4.78, 5) is 2.47. The Balaban J connectivity index is 2.02. The molecule has 1 saturated heterocycles. The first-order valence-corrected chi connectivity index (χ1v) is 7.86. The van der Waals surface area contributed by atoms with Crippen LogP contribution >= 0.6 is 11.6 Å². The van der Waals surface area contributed by atoms with Gasteiger partial charge in [0, 0.05) is 23.7 Å². The van der Waals surface area contributed by atoms with E-state index in [0.29, 0.717) is 0 Å². The zero-order valence-corrected chi connectivity index (χ0v) is 13.2. The van der Waals surface area contributed by atoms with E-state index in [2.05, 4.69) is 17.1 Å². The smallest absolute Gasteiger partial charge is 0.124 e. The minimum Gasteiger partial charge on any atom is -0.496 e. The SMILES string of the molecule is CCN(Cc1c(Cl)cccc1OC)CC1CCNCC1. The molecule has 1 aromatic carbocycles. The van der Waals surface area contributed by atoms with Crippen LogP contribution in [-0.4, -0.2) is 38.2 Å². The first-order valence-electron chi connectivity index (χ1n) is 7.49. The van der Waals surface area contributed by atoms with Gasteiger partial charge in [-0.05, 0) is 50.5 Å². The number of halogens is 1. The summed E-state index contributed by atoms with van der Waals surface area (Å²) in [6.07, 6.45) is 2.55. The van der Waals surface area contributed by atoms with Crippen molar-refractivity contribution in [2.24, 2.45) is 5.92 Å². The fourth-order valence-electron chi connectivity index (χ4n) is 2.84. The van der Waals surface area contributed by atoms with E-state index in [4.69, 9.17) is 16.3 Å². The van der Waals surface area contributed by atoms with Gasteiger partial charge in [-0.3, -0.25) is 4.90 Å². The van der Waals surface area contributed by atoms with E-state index in [1.165, 1.54) is 12.8 Å². The van der Waals surface area contributed by atoms with Crippen molar-refractivity contribution in [2.75, 3.05) is 33.3 Å². The van der Waals surface area contributed by atoms with Crippen LogP contribution in [0.4, 0.5) is 0 Å². The molecular weight excluding hydrogens is 272 g/mol. The van der Waals surface area contributed by atoms with Crippen molar-refractivity contribution in [1.29, 1.82) is 0 Å². The maximum absolute atomic E-state index is 6.34. The standard InChI is InChI=1S/C16H25ClN2O/c1-3-19(11-13-7-9-18-10-8-13)12-14-15(17)5-4-6-16(14)20-2/h4-6,13,18H,3,7-12H2,1-2H3. The molecule has 1 aliphatic heterocycles. The van der Waals surface area contributed by atoms with Crippen molar-refractivity contribution in [3.8, 4) is 5.75 Å². The highest BCUT2D eigenvalue weighted by Crippen LogP contribution is 2.28. The van der Waals surface area contributed by atoms with Crippen LogP contribution in [0, 0.1) is 5.92 Å². The molecule has 0 aromatic heterocycles. The Morgan fingerprint density at radius 2 is 2.10 bits per heavy atom. The van der Waals surface area contributed by atoms with Gasteiger partial charge in [0.1, 0.15) is 5.75 Å². The molecule has 20 heavy (non-hydrogen) atoms. The van der Waals surface area contributed by atoms with Crippen LogP contribution in [-0.2, 0) is 6.54 Å². The Kier molecular flexibility index (Phi) is 6.14. The number of benzene rings is 1. The Morgan fingerprint density at radius 3 is 2.75 bits per heavy atom. The summed E-state index contributed by atoms with van der Waals surface area (Å²) in [6, 6.07) is 5.87. The third-order valence-corrected chi connectivity index (χ3v) is 4.45. The molecule has 3 nitrogen and oxygen atoms in total. The molecule has 112 valence electrons. The van der Waals surface area contributed by atoms with Gasteiger partial charge >= 0.3 is 0 Å². The van der Waals surface area contributed by atoms with Crippen molar-refractivity contribution in [1.82, 2.24) is 10.2 Å². The van der Waals surface area contributed by atoms with E-state index >= 15 is 0 Å². The van der Waals surface area contributed by atoms with Gasteiger partial charge in [-0.2, -0.15) is 0 Å². The molecule has 1 N–H and O–H groups in total. The van der Waals surface area contributed by atoms with Crippen molar-refractivity contribution < 1.29 is 4.74 Å². The third kappa shape index (κ3) is 4.11. The molecule has 0 bridgehead atoms. The molecule has 1 fully saturated rings. The van der Waals surface area contributed by atoms with Gasteiger partial charge in [0.25, 0.3) is 0 Å². The summed E-state index contributed by atoms with van der Waals surface area (Å²) in [5, 5.41) is 4.22. The van der Waals surface area contributed by atoms with Crippen LogP contribution in [0.2, 0.25) is 5.02 Å². The molecule has 0 aliphatic carbocycles. The molecule has 1 heterocycles. The Labute approximate surface area is 127 Å². The highest BCUT2D eigenvalue weighted by Gasteiger charge is 2.18. The van der Waals surface area contributed by atoms with E-state index in [0.717, 1.165) is 55.0 Å². The van der Waals surface area contributed by atoms with Crippen LogP contribution in [0.5, 0.6) is 5.75 Å². The molecule has 0 spiro atoms. The summed E-state index contributed by atoms with van der Waals surface area (Å²) in [7, 11) is 1.71. The van der Waals surface area contributed by atoms with E-state index < -0.39 is 0 Å². The van der Waals surface area contributed by atoms with Crippen molar-refractivity contribution in [2.45, 2.75) is 26.3 Å². The quantitative estimate of drug-likeness (QED) is 0.873. The maximum atomic E-state index is 6.34. The van der Waals surface area contributed by atoms with Gasteiger partial charge in [0.05, 0.1) is 7.11 Å². The molecule has 0 atom stereocenters. The lowest BCUT2D eigenvalue weighted by Gasteiger charge is -2.30. The number of piperidine rings is 1. The van der Waals surface area contributed by atoms with Gasteiger partial charge in [-0.15, -0.1) is 0 Å². The number of rotatable bonds is 6. The van der Waals surface area contributed by atoms with E-state index in [-0.39, 0.29) is 0 Å². The molecule has 4 heteroatoms. The van der Waals surface area contributed by atoms with Crippen molar-refractivity contribution in [3.05, 3.63) is 28.8 Å². The zero-order valence-electron chi connectivity index (χ0n) is 12.5. The average Bonchev–Trinajstić information content (AvgIpc) is 2.49. The van der Waals surface area contributed by atoms with Gasteiger partial charge in [0.2, 0.25) is 0 Å². The lowest BCUT2D eigenvalue weighted by Crippen LogP contribution is -2.36. The molecule has 2 rings (SSSR count). The lowest BCUT2D eigenvalue weighted by atomic mass is 9.97. The Hall–Kier alpha value is -0.770. The first-order chi connectivity index (χ1) is 9.74. The van der Waals surface area contributed by atoms with Gasteiger partial charge in [-0.25, -0.2) is 0 Å². The number of hydrogen-bond acceptors (Lipinski definition) is 3. The van der Waals surface area contributed by atoms with E-state index in [1.54, 1.807) is 7.11 Å². The highest BCUT2D eigenvalue weighted by molar-refractivity contribution is 6.31. The van der Waals surface area contributed by atoms with E-state index in [1.807, 2.05) is 18.2 Å². The molecule has 0 radical (unpaired) electrons. The molecule has 0 saturated carbocycles. The molecule has 0 amide bonds. The fraction of sp³-hybridized carbons (Fsp3) is 0.625. The van der Waals surface area contributed by atoms with E-state index in [9.17, 15) is 0 Å². The molecular formula is C16H25ClN2O. The summed E-state index contributed by atoms with van der Waals surface area (Å²) in [5.74, 6) is 1.69. The maximum Gasteiger partial charge on any atom is 0.124 e. The Bertz CT molecular complexity index is 419. The van der Waals surface area contributed by atoms with Gasteiger partial charge in [-0.1, -0.05) is 24.6 Å². The molecule has 1 aliphatic rings. The lowest BCUT2D eigenvalue weighted by molar-refractivity contribution is 0.205. The predicted octanol–water partition coefficient (Wildman–Crippen LogP) is 3.17. The highest BCUT2D eigenvalue weighted by atomic mass is 35.5. The second-order valence-corrected chi connectivity index (χ2v) is 5.85. The minimum atomic E-state index is 0.796. The van der Waals surface area contributed by atoms with Crippen LogP contribution < -0.4 is 10.1 Å². The van der Waals surface area contributed by atoms with Crippen LogP contribution in [0.3, 0.4) is 0 Å². The second kappa shape index (κ2) is 7.87. The van der Waals surface area contributed by atoms with Crippen molar-refractivity contribution in [3.63, 3.8) is 0 Å². The number of nitrogens with one attached hydrogen (secondary N) is 1. The van der Waals surface area contributed by atoms with Crippen LogP contribution in [0.15, 0.2) is 18.2 Å². The number of methoxy groups -OCH3 is 1. The molecule has 0 unspecified atom stereocenters. The Morgan fingerprint density at radius 1 is 1.35 bits per heavy atom. The second-order valence-electron chi connectivity index (χ2n) is 5.44. The largest absolute Gasteiger partial charge is 0.496 e. The minimum absolute atomic E-state index is 0.796. The zero-order chi connectivity index (χ0) is 14.4. The van der Waals surface area contributed by atoms with Crippen molar-refractivity contribution >= 4 is 11.6 Å². The van der Waals surface area contributed by atoms with Crippen LogP contribution in [0.1, 0.15) is 25.3 Å². The summed E-state index contributed by atoms with van der Waals surface area (Å²) in [5.41, 5.74) is 1.10. The summed E-state index contributed by atoms with van der Waals surface area (Å²) >= 11 is 6.34. The number of ether oxygens (including phenoxy) is 1. The van der Waals surface area contributed by atoms with Gasteiger partial charge in [0.15, 0.2) is 0 Å². The summed E-state index contributed by atoms with van der Waals surface area (Å²) in [6.45, 7) is 7.56. The third-order valence-electron chi connectivity index (χ3n) is 4.10. The topological polar surface area (TPSA) is 24.5 Å². The first kappa shape index (κ1) is 15.6. The fourth-order valence-corrected chi connectivity index (χ4v) is 3.07. The predicted molar refractivity (Wildman–Crippen MR) is 84.5 cm³/mol. The molecule has 1 aromatic rings. The number of nitrogens with zero attached hydrogens (tertiary/aromatic N) is 1. The number of hydrogen-bond donors (Lipinski definition) is 1. The monoisotopic (exact) mass is 296 g/mol. The van der Waals surface area contributed by atoms with Crippen LogP contribution in [0.25, 0.3) is 0 Å².